The zero-order valence-electron chi connectivity index (χ0n) is 11.2. The Balaban J connectivity index is 2.13. The van der Waals surface area contributed by atoms with Gasteiger partial charge in [0.05, 0.1) is 4.47 Å². The largest absolute Gasteiger partial charge is 0.313 e. The lowest BCUT2D eigenvalue weighted by Gasteiger charge is -2.34. The van der Waals surface area contributed by atoms with Crippen molar-refractivity contribution in [2.24, 2.45) is 5.92 Å². The molecular formula is C15H20BrF2N. The number of benzene rings is 1. The van der Waals surface area contributed by atoms with Crippen molar-refractivity contribution in [3.05, 3.63) is 33.8 Å². The molecule has 1 fully saturated rings. The molecule has 0 heterocycles. The van der Waals surface area contributed by atoms with E-state index in [1.54, 1.807) is 0 Å². The molecule has 1 N–H and O–H groups in total. The van der Waals surface area contributed by atoms with E-state index in [0.29, 0.717) is 16.8 Å². The number of nitrogens with one attached hydrogen (secondary N) is 1. The smallest absolute Gasteiger partial charge is 0.143 e. The van der Waals surface area contributed by atoms with Crippen LogP contribution in [0.4, 0.5) is 8.78 Å². The van der Waals surface area contributed by atoms with Crippen LogP contribution in [0.3, 0.4) is 0 Å². The van der Waals surface area contributed by atoms with E-state index in [9.17, 15) is 8.78 Å². The molecule has 1 aromatic carbocycles. The summed E-state index contributed by atoms with van der Waals surface area (Å²) in [5.41, 5.74) is 0.204. The second-order valence-electron chi connectivity index (χ2n) is 5.28. The van der Waals surface area contributed by atoms with Crippen LogP contribution in [0.5, 0.6) is 0 Å². The molecule has 1 aliphatic carbocycles. The van der Waals surface area contributed by atoms with Gasteiger partial charge in [-0.05, 0) is 66.2 Å². The lowest BCUT2D eigenvalue weighted by molar-refractivity contribution is 0.225. The predicted octanol–water partition coefficient (Wildman–Crippen LogP) is 4.44. The number of hydrogen-bond donors (Lipinski definition) is 1. The third-order valence-corrected chi connectivity index (χ3v) is 4.55. The predicted molar refractivity (Wildman–Crippen MR) is 77.2 cm³/mol. The second kappa shape index (κ2) is 6.80. The van der Waals surface area contributed by atoms with E-state index in [4.69, 9.17) is 0 Å². The van der Waals surface area contributed by atoms with Gasteiger partial charge < -0.3 is 5.32 Å². The zero-order chi connectivity index (χ0) is 13.8. The highest BCUT2D eigenvalue weighted by Crippen LogP contribution is 2.32. The van der Waals surface area contributed by atoms with Gasteiger partial charge in [-0.2, -0.15) is 0 Å². The number of hydrogen-bond acceptors (Lipinski definition) is 1. The van der Waals surface area contributed by atoms with Crippen LogP contribution in [0.2, 0.25) is 0 Å². The van der Waals surface area contributed by atoms with Crippen molar-refractivity contribution < 1.29 is 8.78 Å². The summed E-state index contributed by atoms with van der Waals surface area (Å²) in [5.74, 6) is -0.338. The molecule has 1 unspecified atom stereocenters. The van der Waals surface area contributed by atoms with Crippen LogP contribution in [-0.4, -0.2) is 12.6 Å². The van der Waals surface area contributed by atoms with Crippen LogP contribution in [0.1, 0.15) is 38.2 Å². The van der Waals surface area contributed by atoms with Gasteiger partial charge in [0, 0.05) is 11.6 Å². The minimum atomic E-state index is -0.456. The molecule has 0 radical (unpaired) electrons. The molecule has 1 nitrogen and oxygen atoms in total. The molecular weight excluding hydrogens is 312 g/mol. The SMILES string of the molecule is CCCNC(Cc1c(F)ccc(Br)c1F)C1CCC1. The summed E-state index contributed by atoms with van der Waals surface area (Å²) in [5, 5.41) is 3.45. The highest BCUT2D eigenvalue weighted by molar-refractivity contribution is 9.10. The van der Waals surface area contributed by atoms with Gasteiger partial charge >= 0.3 is 0 Å². The molecule has 106 valence electrons. The molecule has 0 amide bonds. The summed E-state index contributed by atoms with van der Waals surface area (Å²) < 4.78 is 28.2. The second-order valence-corrected chi connectivity index (χ2v) is 6.13. The average Bonchev–Trinajstić information content (AvgIpc) is 2.33. The van der Waals surface area contributed by atoms with Crippen molar-refractivity contribution >= 4 is 15.9 Å². The van der Waals surface area contributed by atoms with E-state index in [1.807, 2.05) is 0 Å². The van der Waals surface area contributed by atoms with Crippen LogP contribution in [0, 0.1) is 17.6 Å². The van der Waals surface area contributed by atoms with Crippen LogP contribution in [0.25, 0.3) is 0 Å². The summed E-state index contributed by atoms with van der Waals surface area (Å²) in [7, 11) is 0. The molecule has 1 atom stereocenters. The minimum absolute atomic E-state index is 0.187. The van der Waals surface area contributed by atoms with E-state index in [2.05, 4.69) is 28.2 Å². The van der Waals surface area contributed by atoms with E-state index in [-0.39, 0.29) is 11.6 Å². The maximum absolute atomic E-state index is 14.0. The zero-order valence-corrected chi connectivity index (χ0v) is 12.8. The molecule has 1 saturated carbocycles. The van der Waals surface area contributed by atoms with Gasteiger partial charge in [0.15, 0.2) is 0 Å². The molecule has 0 saturated heterocycles. The van der Waals surface area contributed by atoms with Crippen molar-refractivity contribution in [1.82, 2.24) is 5.32 Å². The summed E-state index contributed by atoms with van der Waals surface area (Å²) >= 11 is 3.13. The van der Waals surface area contributed by atoms with Crippen molar-refractivity contribution in [3.8, 4) is 0 Å². The lowest BCUT2D eigenvalue weighted by Crippen LogP contribution is -2.41. The van der Waals surface area contributed by atoms with Crippen LogP contribution < -0.4 is 5.32 Å². The fraction of sp³-hybridized carbons (Fsp3) is 0.600. The van der Waals surface area contributed by atoms with Gasteiger partial charge in [-0.1, -0.05) is 13.3 Å². The van der Waals surface area contributed by atoms with Gasteiger partial charge in [0.2, 0.25) is 0 Å². The van der Waals surface area contributed by atoms with E-state index in [0.717, 1.165) is 13.0 Å². The Kier molecular flexibility index (Phi) is 5.34. The van der Waals surface area contributed by atoms with Crippen LogP contribution >= 0.6 is 15.9 Å². The van der Waals surface area contributed by atoms with Crippen molar-refractivity contribution in [1.29, 1.82) is 0 Å². The topological polar surface area (TPSA) is 12.0 Å². The first-order valence-electron chi connectivity index (χ1n) is 6.99. The fourth-order valence-electron chi connectivity index (χ4n) is 2.55. The molecule has 19 heavy (non-hydrogen) atoms. The summed E-state index contributed by atoms with van der Waals surface area (Å²) in [6.45, 7) is 3.00. The molecule has 1 aliphatic rings. The molecule has 4 heteroatoms. The van der Waals surface area contributed by atoms with Crippen molar-refractivity contribution in [3.63, 3.8) is 0 Å². The molecule has 1 aromatic rings. The summed E-state index contributed by atoms with van der Waals surface area (Å²) in [6.07, 6.45) is 5.03. The monoisotopic (exact) mass is 331 g/mol. The van der Waals surface area contributed by atoms with Gasteiger partial charge in [-0.3, -0.25) is 0 Å². The summed E-state index contributed by atoms with van der Waals surface area (Å²) in [6, 6.07) is 2.94. The Bertz CT molecular complexity index is 432. The molecule has 0 aromatic heterocycles. The normalized spacial score (nSPS) is 17.3. The Morgan fingerprint density at radius 1 is 1.37 bits per heavy atom. The Morgan fingerprint density at radius 2 is 2.11 bits per heavy atom. The number of halogens is 3. The first-order chi connectivity index (χ1) is 9.13. The standard InChI is InChI=1S/C15H20BrF2N/c1-2-8-19-14(10-4-3-5-10)9-11-13(17)7-6-12(16)15(11)18/h6-7,10,14,19H,2-5,8-9H2,1H3. The maximum atomic E-state index is 14.0. The highest BCUT2D eigenvalue weighted by atomic mass is 79.9. The Hall–Kier alpha value is -0.480. The first kappa shape index (κ1) is 14.9. The van der Waals surface area contributed by atoms with Crippen LogP contribution in [-0.2, 0) is 6.42 Å². The van der Waals surface area contributed by atoms with E-state index >= 15 is 0 Å². The van der Waals surface area contributed by atoms with Gasteiger partial charge in [-0.25, -0.2) is 8.78 Å². The quantitative estimate of drug-likeness (QED) is 0.760. The van der Waals surface area contributed by atoms with Crippen molar-refractivity contribution in [2.75, 3.05) is 6.54 Å². The molecule has 0 bridgehead atoms. The highest BCUT2D eigenvalue weighted by Gasteiger charge is 2.28. The third-order valence-electron chi connectivity index (χ3n) is 3.94. The van der Waals surface area contributed by atoms with Crippen LogP contribution in [0.15, 0.2) is 16.6 Å². The minimum Gasteiger partial charge on any atom is -0.313 e. The van der Waals surface area contributed by atoms with Gasteiger partial charge in [0.1, 0.15) is 11.6 Å². The lowest BCUT2D eigenvalue weighted by atomic mass is 9.77. The fourth-order valence-corrected chi connectivity index (χ4v) is 2.92. The molecule has 0 aliphatic heterocycles. The first-order valence-corrected chi connectivity index (χ1v) is 7.78. The van der Waals surface area contributed by atoms with E-state index in [1.165, 1.54) is 31.4 Å². The van der Waals surface area contributed by atoms with Crippen molar-refractivity contribution in [2.45, 2.75) is 45.1 Å². The molecule has 0 spiro atoms. The van der Waals surface area contributed by atoms with Gasteiger partial charge in [-0.15, -0.1) is 0 Å². The maximum Gasteiger partial charge on any atom is 0.143 e. The molecule has 2 rings (SSSR count). The summed E-state index contributed by atoms with van der Waals surface area (Å²) in [4.78, 5) is 0. The average molecular weight is 332 g/mol. The third kappa shape index (κ3) is 3.54. The van der Waals surface area contributed by atoms with E-state index < -0.39 is 11.6 Å². The van der Waals surface area contributed by atoms with Gasteiger partial charge in [0.25, 0.3) is 0 Å². The Morgan fingerprint density at radius 3 is 2.68 bits per heavy atom. The number of rotatable bonds is 6. The Labute approximate surface area is 121 Å².